The number of nitrogens with one attached hydrogen (secondary N) is 3. The second-order valence-corrected chi connectivity index (χ2v) is 22.0. The number of hydrogen-bond acceptors (Lipinski definition) is 18. The van der Waals surface area contributed by atoms with Crippen LogP contribution in [0, 0.1) is 72.2 Å². The number of nitrogens with zero attached hydrogens (tertiary/aromatic N) is 12. The lowest BCUT2D eigenvalue weighted by atomic mass is 10.0. The zero-order chi connectivity index (χ0) is 89.1. The van der Waals surface area contributed by atoms with E-state index in [2.05, 4.69) is 29.9 Å². The predicted octanol–water partition coefficient (Wildman–Crippen LogP) is 14.2. The third-order valence-electron chi connectivity index (χ3n) is 11.4. The number of piperidine rings is 3. The van der Waals surface area contributed by atoms with E-state index in [4.69, 9.17) is 81.5 Å². The van der Waals surface area contributed by atoms with E-state index < -0.39 is 244 Å². The minimum atomic E-state index is -3.15. The lowest BCUT2D eigenvalue weighted by Gasteiger charge is -2.32. The summed E-state index contributed by atoms with van der Waals surface area (Å²) in [5.74, 6) is -4.98. The molecule has 9 aromatic rings. The summed E-state index contributed by atoms with van der Waals surface area (Å²) >= 11 is 20.5. The Morgan fingerprint density at radius 2 is 0.893 bits per heavy atom. The molecular formula is C60H57Cl3F3N15S3. The van der Waals surface area contributed by atoms with Gasteiger partial charge in [0.25, 0.3) is 0 Å². The van der Waals surface area contributed by atoms with Crippen molar-refractivity contribution in [2.75, 3.05) is 55.1 Å². The smallest absolute Gasteiger partial charge is 0.162 e. The summed E-state index contributed by atoms with van der Waals surface area (Å²) in [5, 5.41) is 28.2. The van der Waals surface area contributed by atoms with E-state index in [1.165, 1.54) is 25.1 Å². The van der Waals surface area contributed by atoms with Gasteiger partial charge in [0.05, 0.1) is 62.3 Å². The molecule has 2 atom stereocenters. The van der Waals surface area contributed by atoms with Crippen molar-refractivity contribution in [3.05, 3.63) is 154 Å². The van der Waals surface area contributed by atoms with Gasteiger partial charge in [0.2, 0.25) is 0 Å². The van der Waals surface area contributed by atoms with Crippen molar-refractivity contribution < 1.29 is 59.9 Å². The van der Waals surface area contributed by atoms with Crippen LogP contribution in [-0.2, 0) is 19.5 Å². The highest BCUT2D eigenvalue weighted by molar-refractivity contribution is 7.23. The van der Waals surface area contributed by atoms with E-state index in [0.29, 0.717) is 15.1 Å². The molecule has 3 aromatic carbocycles. The molecule has 2 unspecified atom stereocenters. The Hall–Kier alpha value is -6.81. The van der Waals surface area contributed by atoms with Crippen LogP contribution in [-0.4, -0.2) is 102 Å². The number of fused-ring (bicyclic) bond motifs is 3. The van der Waals surface area contributed by atoms with Crippen molar-refractivity contribution in [3.8, 4) is 18.2 Å². The first kappa shape index (κ1) is 31.0. The molecule has 15 nitrogen and oxygen atoms in total. The van der Waals surface area contributed by atoms with Crippen molar-refractivity contribution in [1.29, 1.82) is 15.8 Å². The Balaban J connectivity index is 0.000000186. The normalized spacial score (nSPS) is 27.1. The zero-order valence-electron chi connectivity index (χ0n) is 77.1. The lowest BCUT2D eigenvalue weighted by Crippen LogP contribution is -2.38. The van der Waals surface area contributed by atoms with Gasteiger partial charge in [-0.3, -0.25) is 14.7 Å². The maximum atomic E-state index is 14.5. The van der Waals surface area contributed by atoms with Gasteiger partial charge in [-0.25, -0.2) is 43.1 Å². The van der Waals surface area contributed by atoms with Crippen molar-refractivity contribution in [1.82, 2.24) is 44.6 Å². The molecule has 0 amide bonds. The molecule has 0 aliphatic carbocycles. The third kappa shape index (κ3) is 14.8. The highest BCUT2D eigenvalue weighted by atomic mass is 35.5. The van der Waals surface area contributed by atoms with Crippen LogP contribution in [0.3, 0.4) is 0 Å². The van der Waals surface area contributed by atoms with E-state index in [1.54, 1.807) is 0 Å². The lowest BCUT2D eigenvalue weighted by molar-refractivity contribution is 0.211. The Kier molecular flexibility index (Phi) is 10.1. The molecule has 9 heterocycles. The number of aromatic nitrogens is 6. The molecule has 432 valence electrons. The quantitative estimate of drug-likeness (QED) is 0.104. The van der Waals surface area contributed by atoms with E-state index in [9.17, 15) is 29.0 Å². The molecule has 0 saturated carbocycles. The largest absolute Gasteiger partial charge is 0.367 e. The van der Waals surface area contributed by atoms with Gasteiger partial charge in [-0.05, 0) is 129 Å². The van der Waals surface area contributed by atoms with Crippen LogP contribution in [0.5, 0.6) is 0 Å². The molecule has 0 spiro atoms. The van der Waals surface area contributed by atoms with Gasteiger partial charge < -0.3 is 15.9 Å². The van der Waals surface area contributed by atoms with Crippen molar-refractivity contribution in [2.24, 2.45) is 0 Å². The van der Waals surface area contributed by atoms with Crippen LogP contribution in [0.25, 0.3) is 30.6 Å². The molecule has 84 heavy (non-hydrogen) atoms. The number of thiophene rings is 3. The predicted molar refractivity (Wildman–Crippen MR) is 331 cm³/mol. The van der Waals surface area contributed by atoms with Crippen LogP contribution < -0.4 is 15.9 Å². The second kappa shape index (κ2) is 27.5. The van der Waals surface area contributed by atoms with Gasteiger partial charge >= 0.3 is 0 Å². The standard InChI is InChI=1S/3C20H19ClFN5S/c3*1-12-6-13(7-14(9-23)18(12)22)10-27-4-2-15(3-5-27)26-19-16-8-17(21)28-20(16)25-11-24-19/h3*6-8,11,15H,2-5,10H2,1H3,(H,24,25,26)/i4D2,5D2,6D,7D,8D,10D,11D,15D;2D2,3D2,6D,7D,8D,10D2,11D,15D;2D2,3D2,6D,7D,8D,10D,11D,15D/hD3. The average Bonchev–Trinajstić information content (AvgIpc) is 1.56. The molecule has 24 heteroatoms. The van der Waals surface area contributed by atoms with Gasteiger partial charge in [0.1, 0.15) is 90.6 Å². The molecule has 0 radical (unpaired) electrons. The first-order chi connectivity index (χ1) is 54.0. The summed E-state index contributed by atoms with van der Waals surface area (Å²) < 4.78 is 332. The third-order valence-corrected chi connectivity index (χ3v) is 14.7. The van der Waals surface area contributed by atoms with Gasteiger partial charge in [-0.1, -0.05) is 52.9 Å². The van der Waals surface area contributed by atoms with Crippen molar-refractivity contribution in [2.45, 2.75) is 96.7 Å². The second-order valence-electron chi connectivity index (χ2n) is 17.2. The molecular weight excluding hydrogens is 1190 g/mol. The highest BCUT2D eigenvalue weighted by Crippen LogP contribution is 2.35. The molecule has 3 N–H and O–H groups in total. The first-order valence-electron chi connectivity index (χ1n) is 40.9. The number of rotatable bonds is 12. The monoisotopic (exact) mass is 1280 g/mol. The Bertz CT molecular complexity index is 5720. The summed E-state index contributed by atoms with van der Waals surface area (Å²) in [6.07, 6.45) is -15.7. The van der Waals surface area contributed by atoms with E-state index in [0.717, 1.165) is 52.8 Å². The van der Waals surface area contributed by atoms with Crippen molar-refractivity contribution >= 4 is 117 Å². The number of benzene rings is 3. The minimum Gasteiger partial charge on any atom is -0.367 e. The molecule has 3 saturated heterocycles. The number of likely N-dealkylation sites (tertiary alicyclic amines) is 3. The van der Waals surface area contributed by atoms with Gasteiger partial charge in [0.15, 0.2) is 4.24 Å². The number of hydrogen-bond donors (Lipinski definition) is 3. The van der Waals surface area contributed by atoms with Crippen LogP contribution in [0.1, 0.15) is 131 Å². The fourth-order valence-corrected chi connectivity index (χ4v) is 10.4. The van der Waals surface area contributed by atoms with Crippen molar-refractivity contribution in [3.63, 3.8) is 0 Å². The SMILES string of the molecule is [2H]c1nc(N([2H])C2([2H])C([2H])([2H])CN(C([2H])([2H])c3c([2H])c(C)c(F)c(C#N)c3[2H])CC2([2H])[2H])c2c([2H])c(Cl)sc2n1.[2H]c1nc(N([2H])C2([2H])C([2H])([2H])CN(C([2H])c3c([2H])c(C)c(F)c(C#N)c3[2H])CC2([2H])[2H])c2c([2H])c(Cl)sc2n1.[2H]c1nc(N([2H])C2([2H])CC([2H])([2H])N(C([2H])c3c([2H])c(C)c(F)c(C#N)c3[2H])C([2H])([2H])C2)c2c([2H])c(Cl)sc2n1. The maximum Gasteiger partial charge on any atom is 0.162 e. The van der Waals surface area contributed by atoms with Crippen LogP contribution in [0.2, 0.25) is 17.2 Å². The molecule has 3 fully saturated rings. The summed E-state index contributed by atoms with van der Waals surface area (Å²) in [5.41, 5.74) is -5.18. The number of nitriles is 3. The molecule has 3 aliphatic heterocycles. The summed E-state index contributed by atoms with van der Waals surface area (Å²) in [4.78, 5) is 25.0. The summed E-state index contributed by atoms with van der Waals surface area (Å²) in [6.45, 7) is -12.9. The maximum absolute atomic E-state index is 14.5. The average molecular weight is 1280 g/mol. The van der Waals surface area contributed by atoms with E-state index in [1.807, 2.05) is 0 Å². The van der Waals surface area contributed by atoms with Crippen LogP contribution in [0.4, 0.5) is 30.6 Å². The van der Waals surface area contributed by atoms with Gasteiger partial charge in [0, 0.05) is 98.7 Å². The van der Waals surface area contributed by atoms with Crippen LogP contribution in [0.15, 0.2) is 73.3 Å². The molecule has 3 aliphatic rings. The summed E-state index contributed by atoms with van der Waals surface area (Å²) in [6, 6.07) is -9.59. The van der Waals surface area contributed by atoms with E-state index in [-0.39, 0.29) is 83.5 Å². The fraction of sp³-hybridized carbons (Fsp3) is 0.350. The summed E-state index contributed by atoms with van der Waals surface area (Å²) in [7, 11) is 0. The highest BCUT2D eigenvalue weighted by Gasteiger charge is 2.25. The number of anilines is 3. The Morgan fingerprint density at radius 3 is 1.29 bits per heavy atom. The number of halogens is 6. The first-order valence-corrected chi connectivity index (χ1v) is 27.5. The Morgan fingerprint density at radius 1 is 0.548 bits per heavy atom. The van der Waals surface area contributed by atoms with Gasteiger partial charge in [-0.15, -0.1) is 34.0 Å². The molecule has 6 aromatic heterocycles. The topological polar surface area (TPSA) is 195 Å². The van der Waals surface area contributed by atoms with Gasteiger partial charge in [-0.2, -0.15) is 15.8 Å². The van der Waals surface area contributed by atoms with Crippen LogP contribution >= 0.6 is 68.8 Å². The Labute approximate surface area is 559 Å². The molecule has 0 bridgehead atoms. The van der Waals surface area contributed by atoms with E-state index >= 15 is 0 Å². The molecule has 12 rings (SSSR count). The fourth-order valence-electron chi connectivity index (χ4n) is 7.51. The minimum absolute atomic E-state index is 0.00771. The zero-order valence-corrected chi connectivity index (χ0v) is 47.8.